The van der Waals surface area contributed by atoms with Crippen LogP contribution in [0.25, 0.3) is 10.4 Å². The van der Waals surface area contributed by atoms with Crippen molar-refractivity contribution in [1.29, 1.82) is 0 Å². The summed E-state index contributed by atoms with van der Waals surface area (Å²) < 4.78 is 5.23. The number of azide groups is 1. The highest BCUT2D eigenvalue weighted by atomic mass is 16.6. The maximum absolute atomic E-state index is 11.7. The number of nitrogens with zero attached hydrogens (tertiary/aromatic N) is 3. The van der Waals surface area contributed by atoms with Gasteiger partial charge in [-0.3, -0.25) is 4.79 Å². The van der Waals surface area contributed by atoms with E-state index in [1.165, 1.54) is 0 Å². The summed E-state index contributed by atoms with van der Waals surface area (Å²) in [5, 5.41) is 14.7. The van der Waals surface area contributed by atoms with Crippen molar-refractivity contribution in [2.24, 2.45) is 10.8 Å². The molecule has 0 aliphatic rings. The largest absolute Gasteiger partial charge is 0.480 e. The minimum Gasteiger partial charge on any atom is -0.480 e. The Morgan fingerprint density at radius 1 is 1.38 bits per heavy atom. The van der Waals surface area contributed by atoms with Gasteiger partial charge in [-0.1, -0.05) is 29.4 Å². The van der Waals surface area contributed by atoms with E-state index in [1.54, 1.807) is 31.2 Å². The van der Waals surface area contributed by atoms with Crippen LogP contribution in [0.4, 0.5) is 10.5 Å². The zero-order valence-corrected chi connectivity index (χ0v) is 13.4. The Hall–Kier alpha value is -2.77. The summed E-state index contributed by atoms with van der Waals surface area (Å²) in [6.07, 6.45) is 0.574. The van der Waals surface area contributed by atoms with E-state index in [0.29, 0.717) is 31.5 Å². The number of carbonyl (C=O) groups is 2. The van der Waals surface area contributed by atoms with Crippen molar-refractivity contribution in [3.05, 3.63) is 40.3 Å². The lowest BCUT2D eigenvalue weighted by molar-refractivity contribution is -0.138. The molecule has 0 saturated heterocycles. The lowest BCUT2D eigenvalue weighted by Gasteiger charge is -2.14. The van der Waals surface area contributed by atoms with Crippen LogP contribution >= 0.6 is 0 Å². The van der Waals surface area contributed by atoms with Gasteiger partial charge >= 0.3 is 12.1 Å². The van der Waals surface area contributed by atoms with Crippen LogP contribution in [0.5, 0.6) is 0 Å². The number of carboxylic acid groups (broad SMARTS) is 1. The van der Waals surface area contributed by atoms with Crippen LogP contribution in [0.15, 0.2) is 29.4 Å². The minimum atomic E-state index is -1.03. The molecule has 0 saturated carbocycles. The second kappa shape index (κ2) is 10.1. The van der Waals surface area contributed by atoms with Gasteiger partial charge in [-0.15, -0.1) is 0 Å². The molecule has 0 spiro atoms. The van der Waals surface area contributed by atoms with Gasteiger partial charge in [0.1, 0.15) is 12.1 Å². The standard InChI is InChI=1S/C15H21N5O4/c1-10(11-5-7-12(8-6-11)19-20-17)24-15(23)18-9-3-2-4-13(16)14(21)22/h5-8,10,13H,2-4,9,16H2,1H3,(H,18,23)(H,21,22)/t10?,13-/m0/s1. The molecule has 1 aromatic carbocycles. The number of amides is 1. The predicted octanol–water partition coefficient (Wildman–Crippen LogP) is 3.00. The smallest absolute Gasteiger partial charge is 0.407 e. The zero-order chi connectivity index (χ0) is 17.9. The summed E-state index contributed by atoms with van der Waals surface area (Å²) in [5.41, 5.74) is 15.0. The fourth-order valence-corrected chi connectivity index (χ4v) is 1.94. The summed E-state index contributed by atoms with van der Waals surface area (Å²) in [6.45, 7) is 2.11. The second-order valence-electron chi connectivity index (χ2n) is 5.20. The van der Waals surface area contributed by atoms with Crippen LogP contribution in [0, 0.1) is 0 Å². The van der Waals surface area contributed by atoms with E-state index in [9.17, 15) is 9.59 Å². The fourth-order valence-electron chi connectivity index (χ4n) is 1.94. The van der Waals surface area contributed by atoms with E-state index in [0.717, 1.165) is 5.56 Å². The molecule has 0 radical (unpaired) electrons. The Labute approximate surface area is 139 Å². The molecule has 0 aliphatic carbocycles. The van der Waals surface area contributed by atoms with Crippen molar-refractivity contribution in [3.63, 3.8) is 0 Å². The number of nitrogens with one attached hydrogen (secondary N) is 1. The van der Waals surface area contributed by atoms with Crippen molar-refractivity contribution in [3.8, 4) is 0 Å². The van der Waals surface area contributed by atoms with Gasteiger partial charge in [0.25, 0.3) is 0 Å². The molecule has 24 heavy (non-hydrogen) atoms. The Morgan fingerprint density at radius 2 is 2.04 bits per heavy atom. The van der Waals surface area contributed by atoms with E-state index in [1.807, 2.05) is 0 Å². The Kier molecular flexibility index (Phi) is 8.10. The van der Waals surface area contributed by atoms with Crippen LogP contribution in [0.2, 0.25) is 0 Å². The van der Waals surface area contributed by atoms with E-state index >= 15 is 0 Å². The van der Waals surface area contributed by atoms with E-state index in [4.69, 9.17) is 21.1 Å². The van der Waals surface area contributed by atoms with E-state index < -0.39 is 24.2 Å². The van der Waals surface area contributed by atoms with Crippen molar-refractivity contribution in [2.45, 2.75) is 38.3 Å². The van der Waals surface area contributed by atoms with E-state index in [-0.39, 0.29) is 0 Å². The number of hydrogen-bond acceptors (Lipinski definition) is 5. The first-order valence-electron chi connectivity index (χ1n) is 7.52. The number of hydrogen-bond donors (Lipinski definition) is 3. The number of aliphatic carboxylic acids is 1. The molecule has 0 heterocycles. The van der Waals surface area contributed by atoms with Crippen LogP contribution in [-0.4, -0.2) is 29.8 Å². The van der Waals surface area contributed by atoms with Gasteiger partial charge in [-0.25, -0.2) is 4.79 Å². The first-order chi connectivity index (χ1) is 11.4. The minimum absolute atomic E-state index is 0.361. The summed E-state index contributed by atoms with van der Waals surface area (Å²) in [5.74, 6) is -1.03. The first kappa shape index (κ1) is 19.3. The molecule has 0 aromatic heterocycles. The molecular formula is C15H21N5O4. The summed E-state index contributed by atoms with van der Waals surface area (Å²) in [4.78, 5) is 24.9. The second-order valence-corrected chi connectivity index (χ2v) is 5.20. The molecular weight excluding hydrogens is 314 g/mol. The molecule has 0 fully saturated rings. The molecule has 1 amide bonds. The number of alkyl carbamates (subject to hydrolysis) is 1. The SMILES string of the molecule is CC(OC(=O)NCCCC[C@H](N)C(=O)O)c1ccc(N=[N+]=[N-])cc1. The first-order valence-corrected chi connectivity index (χ1v) is 7.52. The third-order valence-corrected chi connectivity index (χ3v) is 3.33. The topological polar surface area (TPSA) is 150 Å². The Bertz CT molecular complexity index is 598. The summed E-state index contributed by atoms with van der Waals surface area (Å²) in [6, 6.07) is 5.84. The number of rotatable bonds is 9. The lowest BCUT2D eigenvalue weighted by atomic mass is 10.1. The molecule has 1 unspecified atom stereocenters. The van der Waals surface area contributed by atoms with Crippen molar-refractivity contribution >= 4 is 17.7 Å². The highest BCUT2D eigenvalue weighted by Crippen LogP contribution is 2.20. The van der Waals surface area contributed by atoms with Gasteiger partial charge in [0.15, 0.2) is 0 Å². The van der Waals surface area contributed by atoms with Gasteiger partial charge in [0, 0.05) is 17.1 Å². The highest BCUT2D eigenvalue weighted by molar-refractivity contribution is 5.72. The fraction of sp³-hybridized carbons (Fsp3) is 0.467. The van der Waals surface area contributed by atoms with Gasteiger partial charge in [0.05, 0.1) is 0 Å². The third-order valence-electron chi connectivity index (χ3n) is 3.33. The van der Waals surface area contributed by atoms with Gasteiger partial charge in [-0.05, 0) is 37.3 Å². The predicted molar refractivity (Wildman–Crippen MR) is 87.6 cm³/mol. The molecule has 1 rings (SSSR count). The third kappa shape index (κ3) is 6.99. The number of carboxylic acids is 1. The van der Waals surface area contributed by atoms with Crippen molar-refractivity contribution in [1.82, 2.24) is 5.32 Å². The van der Waals surface area contributed by atoms with Crippen LogP contribution in [0.1, 0.15) is 37.9 Å². The molecule has 0 bridgehead atoms. The van der Waals surface area contributed by atoms with Gasteiger partial charge < -0.3 is 20.9 Å². The molecule has 0 aliphatic heterocycles. The Morgan fingerprint density at radius 3 is 2.62 bits per heavy atom. The highest BCUT2D eigenvalue weighted by Gasteiger charge is 2.12. The zero-order valence-electron chi connectivity index (χ0n) is 13.4. The number of carbonyl (C=O) groups excluding carboxylic acids is 1. The maximum atomic E-state index is 11.7. The van der Waals surface area contributed by atoms with Crippen LogP contribution in [0.3, 0.4) is 0 Å². The quantitative estimate of drug-likeness (QED) is 0.274. The number of nitrogens with two attached hydrogens (primary N) is 1. The van der Waals surface area contributed by atoms with Crippen molar-refractivity contribution < 1.29 is 19.4 Å². The molecule has 2 atom stereocenters. The van der Waals surface area contributed by atoms with E-state index in [2.05, 4.69) is 15.3 Å². The number of ether oxygens (including phenoxy) is 1. The number of benzene rings is 1. The Balaban J connectivity index is 2.29. The van der Waals surface area contributed by atoms with Crippen LogP contribution in [-0.2, 0) is 9.53 Å². The maximum Gasteiger partial charge on any atom is 0.407 e. The normalized spacial score (nSPS) is 12.6. The molecule has 1 aromatic rings. The molecule has 9 heteroatoms. The molecule has 9 nitrogen and oxygen atoms in total. The van der Waals surface area contributed by atoms with Gasteiger partial charge in [0.2, 0.25) is 0 Å². The monoisotopic (exact) mass is 335 g/mol. The van der Waals surface area contributed by atoms with Crippen LogP contribution < -0.4 is 11.1 Å². The van der Waals surface area contributed by atoms with Crippen molar-refractivity contribution in [2.75, 3.05) is 6.54 Å². The molecule has 4 N–H and O–H groups in total. The van der Waals surface area contributed by atoms with Gasteiger partial charge in [-0.2, -0.15) is 0 Å². The summed E-state index contributed by atoms with van der Waals surface area (Å²) in [7, 11) is 0. The average molecular weight is 335 g/mol. The lowest BCUT2D eigenvalue weighted by Crippen LogP contribution is -2.30. The molecule has 130 valence electrons. The summed E-state index contributed by atoms with van der Waals surface area (Å²) >= 11 is 0. The average Bonchev–Trinajstić information content (AvgIpc) is 2.55. The number of unbranched alkanes of at least 4 members (excludes halogenated alkanes) is 1.